The van der Waals surface area contributed by atoms with Crippen LogP contribution in [0.5, 0.6) is 5.88 Å². The van der Waals surface area contributed by atoms with Crippen LogP contribution in [-0.2, 0) is 17.9 Å². The van der Waals surface area contributed by atoms with Gasteiger partial charge in [0.1, 0.15) is 31.6 Å². The van der Waals surface area contributed by atoms with E-state index in [1.807, 2.05) is 30.3 Å². The van der Waals surface area contributed by atoms with E-state index in [1.54, 1.807) is 6.07 Å². The number of amides is 1. The Hall–Kier alpha value is -3.36. The van der Waals surface area contributed by atoms with E-state index in [-0.39, 0.29) is 12.5 Å². The van der Waals surface area contributed by atoms with Crippen LogP contribution in [0.25, 0.3) is 0 Å². The summed E-state index contributed by atoms with van der Waals surface area (Å²) in [6.45, 7) is 0.382. The number of aromatic nitrogens is 6. The van der Waals surface area contributed by atoms with Crippen molar-refractivity contribution in [2.45, 2.75) is 13.2 Å². The lowest BCUT2D eigenvalue weighted by Gasteiger charge is -2.07. The average molecular weight is 311 g/mol. The molecule has 0 aliphatic heterocycles. The molecule has 2 aromatic heterocycles. The highest BCUT2D eigenvalue weighted by atomic mass is 16.5. The van der Waals surface area contributed by atoms with Crippen molar-refractivity contribution in [3.05, 3.63) is 54.6 Å². The molecule has 0 aliphatic carbocycles. The van der Waals surface area contributed by atoms with Gasteiger partial charge in [-0.1, -0.05) is 30.3 Å². The summed E-state index contributed by atoms with van der Waals surface area (Å²) in [7, 11) is 0. The van der Waals surface area contributed by atoms with Crippen LogP contribution in [0.4, 0.5) is 5.82 Å². The third-order valence-electron chi connectivity index (χ3n) is 2.84. The highest BCUT2D eigenvalue weighted by Crippen LogP contribution is 2.13. The van der Waals surface area contributed by atoms with E-state index in [9.17, 15) is 4.79 Å². The van der Waals surface area contributed by atoms with Crippen LogP contribution in [-0.4, -0.2) is 36.1 Å². The molecule has 2 heterocycles. The van der Waals surface area contributed by atoms with Crippen LogP contribution in [0.1, 0.15) is 5.56 Å². The van der Waals surface area contributed by atoms with Gasteiger partial charge in [0.15, 0.2) is 0 Å². The van der Waals surface area contributed by atoms with Gasteiger partial charge in [-0.2, -0.15) is 0 Å². The minimum atomic E-state index is -0.301. The number of rotatable bonds is 6. The lowest BCUT2D eigenvalue weighted by molar-refractivity contribution is -0.116. The predicted octanol–water partition coefficient (Wildman–Crippen LogP) is 0.681. The Kier molecular flexibility index (Phi) is 4.48. The molecule has 3 rings (SSSR count). The van der Waals surface area contributed by atoms with E-state index >= 15 is 0 Å². The fraction of sp³-hybridized carbons (Fsp3) is 0.143. The van der Waals surface area contributed by atoms with Crippen molar-refractivity contribution in [1.29, 1.82) is 0 Å². The maximum atomic E-state index is 11.8. The second-order valence-electron chi connectivity index (χ2n) is 4.57. The van der Waals surface area contributed by atoms with Gasteiger partial charge in [-0.05, 0) is 16.0 Å². The Balaban J connectivity index is 1.57. The molecule has 1 aromatic carbocycles. The van der Waals surface area contributed by atoms with E-state index in [0.29, 0.717) is 18.3 Å². The van der Waals surface area contributed by atoms with Crippen LogP contribution in [0.3, 0.4) is 0 Å². The largest absolute Gasteiger partial charge is 0.473 e. The summed E-state index contributed by atoms with van der Waals surface area (Å²) in [4.78, 5) is 19.8. The van der Waals surface area contributed by atoms with Crippen molar-refractivity contribution in [3.8, 4) is 5.88 Å². The van der Waals surface area contributed by atoms with Gasteiger partial charge in [-0.25, -0.2) is 14.6 Å². The van der Waals surface area contributed by atoms with E-state index < -0.39 is 0 Å². The first-order chi connectivity index (χ1) is 11.3. The molecule has 9 heteroatoms. The molecule has 0 atom stereocenters. The van der Waals surface area contributed by atoms with Crippen molar-refractivity contribution >= 4 is 11.7 Å². The number of hydrogen-bond acceptors (Lipinski definition) is 7. The van der Waals surface area contributed by atoms with Crippen LogP contribution in [0, 0.1) is 0 Å². The summed E-state index contributed by atoms with van der Waals surface area (Å²) in [5.41, 5.74) is 1.02. The molecule has 0 radical (unpaired) electrons. The third kappa shape index (κ3) is 4.30. The zero-order valence-electron chi connectivity index (χ0n) is 12.0. The normalized spacial score (nSPS) is 10.3. The van der Waals surface area contributed by atoms with Crippen molar-refractivity contribution < 1.29 is 9.53 Å². The predicted molar refractivity (Wildman–Crippen MR) is 79.3 cm³/mol. The summed E-state index contributed by atoms with van der Waals surface area (Å²) in [5, 5.41) is 13.2. The molecular weight excluding hydrogens is 298 g/mol. The third-order valence-corrected chi connectivity index (χ3v) is 2.84. The van der Waals surface area contributed by atoms with Crippen LogP contribution in [0.15, 0.2) is 49.1 Å². The minimum absolute atomic E-state index is 0.00277. The summed E-state index contributed by atoms with van der Waals surface area (Å²) in [5.74, 6) is 0.424. The molecule has 1 amide bonds. The van der Waals surface area contributed by atoms with E-state index in [4.69, 9.17) is 4.74 Å². The maximum absolute atomic E-state index is 11.8. The average Bonchev–Trinajstić information content (AvgIpc) is 3.07. The Labute approximate surface area is 131 Å². The highest BCUT2D eigenvalue weighted by molar-refractivity contribution is 5.89. The van der Waals surface area contributed by atoms with E-state index in [1.165, 1.54) is 17.3 Å². The lowest BCUT2D eigenvalue weighted by atomic mass is 10.2. The van der Waals surface area contributed by atoms with Crippen LogP contribution < -0.4 is 10.1 Å². The smallest absolute Gasteiger partial charge is 0.247 e. The second-order valence-corrected chi connectivity index (χ2v) is 4.57. The quantitative estimate of drug-likeness (QED) is 0.713. The van der Waals surface area contributed by atoms with Crippen molar-refractivity contribution in [1.82, 2.24) is 30.2 Å². The van der Waals surface area contributed by atoms with Crippen molar-refractivity contribution in [2.75, 3.05) is 5.32 Å². The highest BCUT2D eigenvalue weighted by Gasteiger charge is 2.07. The fourth-order valence-corrected chi connectivity index (χ4v) is 1.80. The summed E-state index contributed by atoms with van der Waals surface area (Å²) < 4.78 is 6.89. The van der Waals surface area contributed by atoms with Gasteiger partial charge in [-0.3, -0.25) is 4.79 Å². The van der Waals surface area contributed by atoms with Gasteiger partial charge in [0, 0.05) is 6.07 Å². The molecule has 1 N–H and O–H groups in total. The number of tetrazole rings is 1. The molecule has 0 spiro atoms. The molecule has 116 valence electrons. The Morgan fingerprint density at radius 3 is 2.87 bits per heavy atom. The first-order valence-corrected chi connectivity index (χ1v) is 6.79. The summed E-state index contributed by atoms with van der Waals surface area (Å²) in [6.07, 6.45) is 2.68. The Morgan fingerprint density at radius 1 is 1.22 bits per heavy atom. The molecule has 0 bridgehead atoms. The number of carbonyl (C=O) groups excluding carboxylic acids is 1. The monoisotopic (exact) mass is 311 g/mol. The van der Waals surface area contributed by atoms with Crippen LogP contribution in [0.2, 0.25) is 0 Å². The van der Waals surface area contributed by atoms with Crippen molar-refractivity contribution in [3.63, 3.8) is 0 Å². The lowest BCUT2D eigenvalue weighted by Crippen LogP contribution is -2.19. The first kappa shape index (κ1) is 14.6. The van der Waals surface area contributed by atoms with Gasteiger partial charge in [0.25, 0.3) is 0 Å². The molecule has 9 nitrogen and oxygen atoms in total. The molecular formula is C14H13N7O2. The number of nitrogens with zero attached hydrogens (tertiary/aromatic N) is 6. The number of hydrogen-bond donors (Lipinski definition) is 1. The maximum Gasteiger partial charge on any atom is 0.247 e. The SMILES string of the molecule is O=C(Cn1cnnn1)Nc1cc(OCc2ccccc2)ncn1. The van der Waals surface area contributed by atoms with Gasteiger partial charge in [0.05, 0.1) is 0 Å². The number of ether oxygens (including phenoxy) is 1. The topological polar surface area (TPSA) is 108 Å². The first-order valence-electron chi connectivity index (χ1n) is 6.79. The summed E-state index contributed by atoms with van der Waals surface area (Å²) in [6, 6.07) is 11.3. The zero-order valence-corrected chi connectivity index (χ0v) is 12.0. The van der Waals surface area contributed by atoms with E-state index in [0.717, 1.165) is 5.56 Å². The van der Waals surface area contributed by atoms with Crippen LogP contribution >= 0.6 is 0 Å². The number of nitrogens with one attached hydrogen (secondary N) is 1. The van der Waals surface area contributed by atoms with Gasteiger partial charge in [-0.15, -0.1) is 5.10 Å². The van der Waals surface area contributed by atoms with Crippen molar-refractivity contribution in [2.24, 2.45) is 0 Å². The standard InChI is InChI=1S/C14H13N7O2/c22-13(7-21-10-17-19-20-21)18-12-6-14(16-9-15-12)23-8-11-4-2-1-3-5-11/h1-6,9-10H,7-8H2,(H,15,16,18,22). The summed E-state index contributed by atoms with van der Waals surface area (Å²) >= 11 is 0. The Morgan fingerprint density at radius 2 is 2.09 bits per heavy atom. The molecule has 0 fully saturated rings. The zero-order chi connectivity index (χ0) is 15.9. The van der Waals surface area contributed by atoms with Gasteiger partial charge in [0.2, 0.25) is 11.8 Å². The molecule has 23 heavy (non-hydrogen) atoms. The molecule has 0 saturated heterocycles. The second kappa shape index (κ2) is 7.07. The van der Waals surface area contributed by atoms with E-state index in [2.05, 4.69) is 30.8 Å². The van der Waals surface area contributed by atoms with Gasteiger partial charge >= 0.3 is 0 Å². The minimum Gasteiger partial charge on any atom is -0.473 e. The molecule has 3 aromatic rings. The molecule has 0 aliphatic rings. The van der Waals surface area contributed by atoms with Gasteiger partial charge < -0.3 is 10.1 Å². The Bertz CT molecular complexity index is 762. The number of anilines is 1. The molecule has 0 unspecified atom stereocenters. The fourth-order valence-electron chi connectivity index (χ4n) is 1.80. The number of carbonyl (C=O) groups is 1. The number of benzene rings is 1. The molecule has 0 saturated carbocycles.